The van der Waals surface area contributed by atoms with Gasteiger partial charge in [0.05, 0.1) is 18.6 Å². The third-order valence-corrected chi connectivity index (χ3v) is 5.23. The van der Waals surface area contributed by atoms with Crippen LogP contribution in [0.4, 0.5) is 17.6 Å². The summed E-state index contributed by atoms with van der Waals surface area (Å²) in [5.74, 6) is -0.390. The molecule has 1 aliphatic carbocycles. The van der Waals surface area contributed by atoms with E-state index in [-0.39, 0.29) is 36.3 Å². The standard InChI is InChI=1S/C20H22F4N2O2/c21-17-6-3-7-19(16(17)12-27)28-13-14-4-1-2-5-15(14)18-8-10-25-26(18)11-9-20(22,23)24/h3,6-8,10,12,14-15H,1-2,4-5,9,11,13H2. The normalized spacial score (nSPS) is 20.1. The fourth-order valence-electron chi connectivity index (χ4n) is 3.83. The second-order valence-electron chi connectivity index (χ2n) is 7.08. The summed E-state index contributed by atoms with van der Waals surface area (Å²) in [6, 6.07) is 5.97. The number of benzene rings is 1. The summed E-state index contributed by atoms with van der Waals surface area (Å²) in [6.45, 7) is 0.0501. The van der Waals surface area contributed by atoms with Crippen LogP contribution in [0.1, 0.15) is 54.1 Å². The maximum atomic E-state index is 13.7. The first kappa shape index (κ1) is 20.4. The summed E-state index contributed by atoms with van der Waals surface area (Å²) in [4.78, 5) is 11.1. The van der Waals surface area contributed by atoms with Crippen molar-refractivity contribution in [3.63, 3.8) is 0 Å². The van der Waals surface area contributed by atoms with Crippen molar-refractivity contribution in [3.05, 3.63) is 47.5 Å². The number of carbonyl (C=O) groups excluding carboxylic acids is 1. The molecule has 1 fully saturated rings. The van der Waals surface area contributed by atoms with Crippen LogP contribution < -0.4 is 4.74 Å². The molecule has 2 atom stereocenters. The third-order valence-electron chi connectivity index (χ3n) is 5.23. The van der Waals surface area contributed by atoms with E-state index in [1.54, 1.807) is 6.07 Å². The molecule has 152 valence electrons. The highest BCUT2D eigenvalue weighted by Gasteiger charge is 2.32. The number of aromatic nitrogens is 2. The Morgan fingerprint density at radius 1 is 1.21 bits per heavy atom. The van der Waals surface area contributed by atoms with Crippen molar-refractivity contribution in [1.29, 1.82) is 0 Å². The molecule has 28 heavy (non-hydrogen) atoms. The maximum Gasteiger partial charge on any atom is 0.390 e. The zero-order chi connectivity index (χ0) is 20.1. The number of alkyl halides is 3. The third kappa shape index (κ3) is 4.91. The molecule has 3 rings (SSSR count). The summed E-state index contributed by atoms with van der Waals surface area (Å²) in [7, 11) is 0. The summed E-state index contributed by atoms with van der Waals surface area (Å²) in [5.41, 5.74) is 0.650. The van der Waals surface area contributed by atoms with Crippen LogP contribution in [0, 0.1) is 11.7 Å². The van der Waals surface area contributed by atoms with Gasteiger partial charge in [0, 0.05) is 30.3 Å². The van der Waals surface area contributed by atoms with E-state index in [0.29, 0.717) is 6.29 Å². The Hall–Kier alpha value is -2.38. The maximum absolute atomic E-state index is 13.7. The average molecular weight is 398 g/mol. The Morgan fingerprint density at radius 3 is 2.75 bits per heavy atom. The number of hydrogen-bond acceptors (Lipinski definition) is 3. The van der Waals surface area contributed by atoms with Crippen molar-refractivity contribution >= 4 is 6.29 Å². The van der Waals surface area contributed by atoms with Gasteiger partial charge in [0.1, 0.15) is 11.6 Å². The number of aryl methyl sites for hydroxylation is 1. The molecule has 1 aliphatic rings. The average Bonchev–Trinajstić information content (AvgIpc) is 3.13. The highest BCUT2D eigenvalue weighted by Crippen LogP contribution is 2.38. The molecule has 1 saturated carbocycles. The largest absolute Gasteiger partial charge is 0.492 e. The number of halogens is 4. The summed E-state index contributed by atoms with van der Waals surface area (Å²) < 4.78 is 58.7. The van der Waals surface area contributed by atoms with E-state index in [2.05, 4.69) is 5.10 Å². The number of nitrogens with zero attached hydrogens (tertiary/aromatic N) is 2. The van der Waals surface area contributed by atoms with Crippen molar-refractivity contribution in [1.82, 2.24) is 9.78 Å². The SMILES string of the molecule is O=Cc1c(F)cccc1OCC1CCCCC1c1ccnn1CCC(F)(F)F. The number of carbonyl (C=O) groups is 1. The van der Waals surface area contributed by atoms with Gasteiger partial charge in [-0.15, -0.1) is 0 Å². The van der Waals surface area contributed by atoms with Gasteiger partial charge < -0.3 is 4.74 Å². The number of rotatable bonds is 7. The minimum atomic E-state index is -4.24. The summed E-state index contributed by atoms with van der Waals surface area (Å²) in [5, 5.41) is 4.07. The summed E-state index contributed by atoms with van der Waals surface area (Å²) >= 11 is 0. The van der Waals surface area contributed by atoms with Gasteiger partial charge in [-0.05, 0) is 31.0 Å². The lowest BCUT2D eigenvalue weighted by Crippen LogP contribution is -2.27. The van der Waals surface area contributed by atoms with E-state index in [0.717, 1.165) is 31.4 Å². The highest BCUT2D eigenvalue weighted by atomic mass is 19.4. The molecule has 1 heterocycles. The van der Waals surface area contributed by atoms with Crippen LogP contribution in [0.25, 0.3) is 0 Å². The second-order valence-corrected chi connectivity index (χ2v) is 7.08. The van der Waals surface area contributed by atoms with Gasteiger partial charge in [-0.25, -0.2) is 4.39 Å². The van der Waals surface area contributed by atoms with Crippen LogP contribution in [0.5, 0.6) is 5.75 Å². The van der Waals surface area contributed by atoms with Gasteiger partial charge in [-0.2, -0.15) is 18.3 Å². The molecule has 1 aromatic heterocycles. The fourth-order valence-corrected chi connectivity index (χ4v) is 3.83. The molecule has 0 amide bonds. The predicted molar refractivity (Wildman–Crippen MR) is 94.9 cm³/mol. The molecule has 8 heteroatoms. The van der Waals surface area contributed by atoms with Crippen molar-refractivity contribution in [2.75, 3.05) is 6.61 Å². The lowest BCUT2D eigenvalue weighted by Gasteiger charge is -2.32. The molecule has 0 aliphatic heterocycles. The van der Waals surface area contributed by atoms with E-state index in [1.807, 2.05) is 0 Å². The van der Waals surface area contributed by atoms with E-state index < -0.39 is 18.4 Å². The van der Waals surface area contributed by atoms with E-state index in [1.165, 1.54) is 29.1 Å². The first-order valence-electron chi connectivity index (χ1n) is 9.34. The van der Waals surface area contributed by atoms with Crippen molar-refractivity contribution in [3.8, 4) is 5.75 Å². The topological polar surface area (TPSA) is 44.1 Å². The lowest BCUT2D eigenvalue weighted by atomic mass is 9.78. The van der Waals surface area contributed by atoms with Crippen molar-refractivity contribution < 1.29 is 27.1 Å². The zero-order valence-electron chi connectivity index (χ0n) is 15.3. The van der Waals surface area contributed by atoms with Crippen molar-refractivity contribution in [2.45, 2.75) is 50.7 Å². The number of hydrogen-bond donors (Lipinski definition) is 0. The Kier molecular flexibility index (Phi) is 6.36. The Balaban J connectivity index is 1.73. The van der Waals surface area contributed by atoms with Gasteiger partial charge >= 0.3 is 6.18 Å². The Bertz CT molecular complexity index is 804. The molecule has 0 radical (unpaired) electrons. The molecule has 2 aromatic rings. The highest BCUT2D eigenvalue weighted by molar-refractivity contribution is 5.79. The fraction of sp³-hybridized carbons (Fsp3) is 0.500. The van der Waals surface area contributed by atoms with Crippen LogP contribution in [0.2, 0.25) is 0 Å². The van der Waals surface area contributed by atoms with E-state index in [4.69, 9.17) is 4.74 Å². The van der Waals surface area contributed by atoms with E-state index >= 15 is 0 Å². The molecular formula is C20H22F4N2O2. The minimum absolute atomic E-state index is 0.0118. The minimum Gasteiger partial charge on any atom is -0.492 e. The van der Waals surface area contributed by atoms with Gasteiger partial charge in [-0.3, -0.25) is 9.48 Å². The number of aldehydes is 1. The first-order chi connectivity index (χ1) is 13.4. The lowest BCUT2D eigenvalue weighted by molar-refractivity contribution is -0.137. The summed E-state index contributed by atoms with van der Waals surface area (Å²) in [6.07, 6.45) is 0.430. The quantitative estimate of drug-likeness (QED) is 0.479. The van der Waals surface area contributed by atoms with Gasteiger partial charge in [0.15, 0.2) is 6.29 Å². The van der Waals surface area contributed by atoms with Gasteiger partial charge in [-0.1, -0.05) is 18.9 Å². The van der Waals surface area contributed by atoms with Crippen LogP contribution in [-0.4, -0.2) is 28.8 Å². The molecule has 2 unspecified atom stereocenters. The van der Waals surface area contributed by atoms with Crippen LogP contribution in [0.3, 0.4) is 0 Å². The predicted octanol–water partition coefficient (Wildman–Crippen LogP) is 5.14. The van der Waals surface area contributed by atoms with Crippen LogP contribution in [-0.2, 0) is 6.54 Å². The van der Waals surface area contributed by atoms with Gasteiger partial charge in [0.2, 0.25) is 0 Å². The first-order valence-corrected chi connectivity index (χ1v) is 9.34. The molecule has 0 N–H and O–H groups in total. The molecule has 0 saturated heterocycles. The zero-order valence-corrected chi connectivity index (χ0v) is 15.3. The van der Waals surface area contributed by atoms with Crippen LogP contribution >= 0.6 is 0 Å². The van der Waals surface area contributed by atoms with Gasteiger partial charge in [0.25, 0.3) is 0 Å². The Labute approximate surface area is 160 Å². The monoisotopic (exact) mass is 398 g/mol. The molecule has 4 nitrogen and oxygen atoms in total. The second kappa shape index (κ2) is 8.75. The van der Waals surface area contributed by atoms with Crippen molar-refractivity contribution in [2.24, 2.45) is 5.92 Å². The van der Waals surface area contributed by atoms with E-state index in [9.17, 15) is 22.4 Å². The molecular weight excluding hydrogens is 376 g/mol. The molecule has 0 spiro atoms. The smallest absolute Gasteiger partial charge is 0.390 e. The Morgan fingerprint density at radius 2 is 2.00 bits per heavy atom. The van der Waals surface area contributed by atoms with Crippen LogP contribution in [0.15, 0.2) is 30.5 Å². The molecule has 0 bridgehead atoms. The molecule has 1 aromatic carbocycles. The number of ether oxygens (including phenoxy) is 1.